The molecule has 0 spiro atoms. The van der Waals surface area contributed by atoms with Gasteiger partial charge in [0.15, 0.2) is 0 Å². The number of carbonyl (C=O) groups excluding carboxylic acids is 1. The van der Waals surface area contributed by atoms with Gasteiger partial charge in [-0.2, -0.15) is 0 Å². The number of carbonyl (C=O) groups is 1. The zero-order chi connectivity index (χ0) is 10.8. The van der Waals surface area contributed by atoms with Gasteiger partial charge < -0.3 is 4.90 Å². The first-order chi connectivity index (χ1) is 7.27. The Morgan fingerprint density at radius 1 is 1.40 bits per heavy atom. The van der Waals surface area contributed by atoms with Gasteiger partial charge in [0.25, 0.3) is 0 Å². The molecule has 0 aromatic rings. The normalized spacial score (nSPS) is 33.2. The Labute approximate surface area is 88.9 Å². The summed E-state index contributed by atoms with van der Waals surface area (Å²) in [5.41, 5.74) is 16.7. The molecule has 2 heterocycles. The van der Waals surface area contributed by atoms with Gasteiger partial charge in [-0.05, 0) is 11.1 Å². The Hall–Kier alpha value is -1.56. The highest BCUT2D eigenvalue weighted by molar-refractivity contribution is 8.00. The van der Waals surface area contributed by atoms with Crippen molar-refractivity contribution in [2.45, 2.75) is 24.0 Å². The van der Waals surface area contributed by atoms with Crippen LogP contribution in [0.2, 0.25) is 0 Å². The van der Waals surface area contributed by atoms with Gasteiger partial charge in [-0.25, -0.2) is 0 Å². The van der Waals surface area contributed by atoms with E-state index < -0.39 is 12.2 Å². The van der Waals surface area contributed by atoms with Gasteiger partial charge in [-0.1, -0.05) is 10.2 Å². The molecule has 0 aromatic carbocycles. The Morgan fingerprint density at radius 2 is 2.13 bits per heavy atom. The molecule has 0 N–H and O–H groups in total. The maximum Gasteiger partial charge on any atom is 0.226 e. The van der Waals surface area contributed by atoms with Crippen molar-refractivity contribution in [3.63, 3.8) is 0 Å². The van der Waals surface area contributed by atoms with E-state index in [9.17, 15) is 4.79 Å². The van der Waals surface area contributed by atoms with Crippen LogP contribution in [-0.4, -0.2) is 34.1 Å². The summed E-state index contributed by atoms with van der Waals surface area (Å²) in [7, 11) is 0. The van der Waals surface area contributed by atoms with E-state index in [1.807, 2.05) is 0 Å². The summed E-state index contributed by atoms with van der Waals surface area (Å²) in [6.45, 7) is 0. The van der Waals surface area contributed by atoms with E-state index >= 15 is 0 Å². The van der Waals surface area contributed by atoms with Crippen LogP contribution in [-0.2, 0) is 4.79 Å². The van der Waals surface area contributed by atoms with Crippen molar-refractivity contribution in [3.05, 3.63) is 20.9 Å². The molecular weight excluding hydrogens is 218 g/mol. The molecule has 2 aliphatic heterocycles. The topological polar surface area (TPSA) is 118 Å². The second kappa shape index (κ2) is 3.90. The minimum Gasteiger partial charge on any atom is -0.321 e. The number of rotatable bonds is 2. The molecule has 0 aliphatic carbocycles. The fraction of sp³-hybridized carbons (Fsp3) is 0.833. The minimum absolute atomic E-state index is 0.0530. The number of hydrogen-bond acceptors (Lipinski definition) is 4. The van der Waals surface area contributed by atoms with Crippen LogP contribution in [0.4, 0.5) is 0 Å². The van der Waals surface area contributed by atoms with Gasteiger partial charge in [0.2, 0.25) is 5.91 Å². The van der Waals surface area contributed by atoms with Crippen molar-refractivity contribution >= 4 is 17.7 Å². The number of nitrogens with zero attached hydrogens (tertiary/aromatic N) is 7. The molecule has 9 heteroatoms. The second-order valence-electron chi connectivity index (χ2n) is 3.18. The zero-order valence-corrected chi connectivity index (χ0v) is 8.41. The van der Waals surface area contributed by atoms with Gasteiger partial charge in [-0.15, -0.1) is 11.8 Å². The average Bonchev–Trinajstić information content (AvgIpc) is 2.20. The first kappa shape index (κ1) is 9.97. The minimum atomic E-state index is -0.654. The summed E-state index contributed by atoms with van der Waals surface area (Å²) in [4.78, 5) is 18.2. The molecule has 0 bridgehead atoms. The highest BCUT2D eigenvalue weighted by Gasteiger charge is 2.47. The molecule has 2 fully saturated rings. The van der Waals surface area contributed by atoms with E-state index in [1.165, 1.54) is 4.90 Å². The van der Waals surface area contributed by atoms with E-state index in [4.69, 9.17) is 11.1 Å². The van der Waals surface area contributed by atoms with Crippen LogP contribution in [0.3, 0.4) is 0 Å². The highest BCUT2D eigenvalue weighted by Crippen LogP contribution is 2.39. The summed E-state index contributed by atoms with van der Waals surface area (Å²) < 4.78 is 0. The van der Waals surface area contributed by atoms with E-state index in [-0.39, 0.29) is 11.3 Å². The Bertz CT molecular complexity index is 381. The zero-order valence-electron chi connectivity index (χ0n) is 7.59. The smallest absolute Gasteiger partial charge is 0.226 e. The van der Waals surface area contributed by atoms with E-state index in [0.717, 1.165) is 0 Å². The molecule has 2 rings (SSSR count). The monoisotopic (exact) mass is 225 g/mol. The maximum atomic E-state index is 11.3. The lowest BCUT2D eigenvalue weighted by Gasteiger charge is -2.49. The molecule has 0 saturated carbocycles. The van der Waals surface area contributed by atoms with E-state index in [1.54, 1.807) is 11.8 Å². The third-order valence-electron chi connectivity index (χ3n) is 2.41. The average molecular weight is 225 g/mol. The predicted octanol–water partition coefficient (Wildman–Crippen LogP) is 1.61. The fourth-order valence-corrected chi connectivity index (χ4v) is 3.01. The molecule has 15 heavy (non-hydrogen) atoms. The highest BCUT2D eigenvalue weighted by atomic mass is 32.2. The maximum absolute atomic E-state index is 11.3. The summed E-state index contributed by atoms with van der Waals surface area (Å²) in [6, 6.07) is -0.462. The quantitative estimate of drug-likeness (QED) is 0.307. The lowest BCUT2D eigenvalue weighted by Crippen LogP contribution is -2.61. The first-order valence-electron chi connectivity index (χ1n) is 4.29. The van der Waals surface area contributed by atoms with Gasteiger partial charge >= 0.3 is 0 Å². The summed E-state index contributed by atoms with van der Waals surface area (Å²) in [5.74, 6) is 0.532. The van der Waals surface area contributed by atoms with Gasteiger partial charge in [0, 0.05) is 15.6 Å². The SMILES string of the molecule is [N-]=[N+]=NC1CS[C@H]2CC(=O)N2C1N=[N+]=[N-]. The second-order valence-corrected chi connectivity index (χ2v) is 4.39. The Kier molecular flexibility index (Phi) is 2.59. The summed E-state index contributed by atoms with van der Waals surface area (Å²) in [6.07, 6.45) is -0.177. The van der Waals surface area contributed by atoms with Crippen molar-refractivity contribution in [1.29, 1.82) is 0 Å². The molecule has 0 aromatic heterocycles. The first-order valence-corrected chi connectivity index (χ1v) is 5.34. The summed E-state index contributed by atoms with van der Waals surface area (Å²) in [5, 5.41) is 7.14. The molecule has 2 aliphatic rings. The van der Waals surface area contributed by atoms with Crippen LogP contribution >= 0.6 is 11.8 Å². The third-order valence-corrected chi connectivity index (χ3v) is 3.72. The van der Waals surface area contributed by atoms with Crippen LogP contribution in [0.25, 0.3) is 20.9 Å². The Morgan fingerprint density at radius 3 is 2.73 bits per heavy atom. The molecular formula is C6H7N7OS. The van der Waals surface area contributed by atoms with E-state index in [0.29, 0.717) is 12.2 Å². The molecule has 3 atom stereocenters. The largest absolute Gasteiger partial charge is 0.321 e. The van der Waals surface area contributed by atoms with Crippen molar-refractivity contribution < 1.29 is 4.79 Å². The van der Waals surface area contributed by atoms with Crippen molar-refractivity contribution in [2.75, 3.05) is 5.75 Å². The standard InChI is InChI=1S/C6H7N7OS/c7-11-9-3-2-15-5-1-4(14)13(5)6(3)10-12-8/h3,5-6H,1-2H2/t3?,5-,6?/m0/s1. The number of fused-ring (bicyclic) bond motifs is 1. The van der Waals surface area contributed by atoms with Crippen LogP contribution in [0.1, 0.15) is 6.42 Å². The molecule has 0 radical (unpaired) electrons. The van der Waals surface area contributed by atoms with Crippen molar-refractivity contribution in [3.8, 4) is 0 Å². The molecule has 2 unspecified atom stereocenters. The molecule has 2 saturated heterocycles. The van der Waals surface area contributed by atoms with Crippen LogP contribution in [0.5, 0.6) is 0 Å². The van der Waals surface area contributed by atoms with Crippen LogP contribution in [0, 0.1) is 0 Å². The van der Waals surface area contributed by atoms with Gasteiger partial charge in [0.1, 0.15) is 6.17 Å². The third kappa shape index (κ3) is 1.56. The lowest BCUT2D eigenvalue weighted by atomic mass is 10.1. The fourth-order valence-electron chi connectivity index (χ4n) is 1.68. The molecule has 8 nitrogen and oxygen atoms in total. The molecule has 1 amide bonds. The summed E-state index contributed by atoms with van der Waals surface area (Å²) >= 11 is 1.55. The lowest BCUT2D eigenvalue weighted by molar-refractivity contribution is -0.145. The number of thioether (sulfide) groups is 1. The van der Waals surface area contributed by atoms with Crippen molar-refractivity contribution in [2.24, 2.45) is 10.2 Å². The van der Waals surface area contributed by atoms with Crippen molar-refractivity contribution in [1.82, 2.24) is 4.90 Å². The number of β-lactam (4-membered cyclic amide) rings is 1. The van der Waals surface area contributed by atoms with Crippen LogP contribution < -0.4 is 0 Å². The number of amides is 1. The predicted molar refractivity (Wildman–Crippen MR) is 53.6 cm³/mol. The number of hydrogen-bond donors (Lipinski definition) is 0. The Balaban J connectivity index is 2.24. The molecule has 78 valence electrons. The number of azide groups is 2. The van der Waals surface area contributed by atoms with Gasteiger partial charge in [0.05, 0.1) is 17.8 Å². The van der Waals surface area contributed by atoms with Gasteiger partial charge in [-0.3, -0.25) is 4.79 Å². The van der Waals surface area contributed by atoms with Crippen LogP contribution in [0.15, 0.2) is 10.2 Å². The van der Waals surface area contributed by atoms with E-state index in [2.05, 4.69) is 20.1 Å².